The van der Waals surface area contributed by atoms with Crippen LogP contribution >= 0.6 is 0 Å². The Balaban J connectivity index is 2.15. The average Bonchev–Trinajstić information content (AvgIpc) is 3.27. The second-order valence-corrected chi connectivity index (χ2v) is 10.3. The van der Waals surface area contributed by atoms with E-state index < -0.39 is 60.2 Å². The minimum atomic E-state index is -1.38. The summed E-state index contributed by atoms with van der Waals surface area (Å²) in [6.45, 7) is 7.19. The van der Waals surface area contributed by atoms with Gasteiger partial charge in [-0.2, -0.15) is 0 Å². The van der Waals surface area contributed by atoms with E-state index in [0.29, 0.717) is 6.42 Å². The number of hydrogen-bond acceptors (Lipinski definition) is 6. The van der Waals surface area contributed by atoms with Crippen molar-refractivity contribution < 1.29 is 29.1 Å². The fourth-order valence-electron chi connectivity index (χ4n) is 4.23. The largest absolute Gasteiger partial charge is 0.480 e. The van der Waals surface area contributed by atoms with Crippen molar-refractivity contribution in [1.29, 1.82) is 0 Å². The Morgan fingerprint density at radius 2 is 1.59 bits per heavy atom. The summed E-state index contributed by atoms with van der Waals surface area (Å²) < 4.78 is 0. The second kappa shape index (κ2) is 14.3. The molecule has 1 aromatic carbocycles. The fourth-order valence-corrected chi connectivity index (χ4v) is 4.23. The summed E-state index contributed by atoms with van der Waals surface area (Å²) in [5.74, 6) is -4.55. The Hall–Kier alpha value is -3.93. The van der Waals surface area contributed by atoms with E-state index in [1.807, 2.05) is 45.0 Å². The topological polar surface area (TPSA) is 209 Å². The lowest BCUT2D eigenvalue weighted by Crippen LogP contribution is -2.59. The van der Waals surface area contributed by atoms with Gasteiger partial charge in [-0.3, -0.25) is 19.2 Å². The monoisotopic (exact) mass is 544 g/mol. The molecule has 0 saturated carbocycles. The van der Waals surface area contributed by atoms with E-state index in [1.54, 1.807) is 13.1 Å². The lowest BCUT2D eigenvalue weighted by Gasteiger charge is -2.28. The van der Waals surface area contributed by atoms with Crippen molar-refractivity contribution in [3.05, 3.63) is 36.0 Å². The Bertz CT molecular complexity index is 1180. The average molecular weight is 545 g/mol. The third kappa shape index (κ3) is 9.10. The summed E-state index contributed by atoms with van der Waals surface area (Å²) in [6.07, 6.45) is 2.10. The van der Waals surface area contributed by atoms with Crippen LogP contribution in [0.2, 0.25) is 0 Å². The van der Waals surface area contributed by atoms with Gasteiger partial charge in [-0.05, 0) is 36.3 Å². The zero-order chi connectivity index (χ0) is 29.3. The first-order valence-corrected chi connectivity index (χ1v) is 13.1. The molecule has 1 aromatic heterocycles. The summed E-state index contributed by atoms with van der Waals surface area (Å²) >= 11 is 0. The number of carbonyl (C=O) groups excluding carboxylic acids is 4. The van der Waals surface area contributed by atoms with Gasteiger partial charge < -0.3 is 37.5 Å². The van der Waals surface area contributed by atoms with Crippen molar-refractivity contribution in [2.24, 2.45) is 23.3 Å². The zero-order valence-corrected chi connectivity index (χ0v) is 22.8. The molecule has 0 radical (unpaired) electrons. The smallest absolute Gasteiger partial charge is 0.326 e. The van der Waals surface area contributed by atoms with Gasteiger partial charge in [-0.25, -0.2) is 4.79 Å². The van der Waals surface area contributed by atoms with Gasteiger partial charge in [0.15, 0.2) is 0 Å². The molecule has 5 unspecified atom stereocenters. The highest BCUT2D eigenvalue weighted by Crippen LogP contribution is 2.19. The van der Waals surface area contributed by atoms with Crippen LogP contribution in [0.5, 0.6) is 0 Å². The molecule has 5 atom stereocenters. The van der Waals surface area contributed by atoms with Crippen LogP contribution in [-0.4, -0.2) is 63.9 Å². The number of rotatable bonds is 15. The third-order valence-corrected chi connectivity index (χ3v) is 6.60. The molecule has 0 saturated heterocycles. The van der Waals surface area contributed by atoms with Crippen molar-refractivity contribution in [2.45, 2.75) is 77.5 Å². The molecule has 0 aliphatic carbocycles. The van der Waals surface area contributed by atoms with Crippen LogP contribution < -0.4 is 27.4 Å². The first kappa shape index (κ1) is 31.3. The second-order valence-electron chi connectivity index (χ2n) is 10.3. The maximum Gasteiger partial charge on any atom is 0.326 e. The molecule has 12 heteroatoms. The van der Waals surface area contributed by atoms with Crippen molar-refractivity contribution >= 4 is 40.5 Å². The van der Waals surface area contributed by atoms with E-state index >= 15 is 0 Å². The first-order chi connectivity index (χ1) is 18.3. The molecule has 4 amide bonds. The summed E-state index contributed by atoms with van der Waals surface area (Å²) in [7, 11) is 0. The minimum absolute atomic E-state index is 0.00617. The number of primary amides is 1. The number of carboxylic acid groups (broad SMARTS) is 1. The summed E-state index contributed by atoms with van der Waals surface area (Å²) in [5.41, 5.74) is 13.2. The van der Waals surface area contributed by atoms with E-state index in [4.69, 9.17) is 11.5 Å². The number of hydrogen-bond donors (Lipinski definition) is 7. The Morgan fingerprint density at radius 1 is 0.949 bits per heavy atom. The zero-order valence-electron chi connectivity index (χ0n) is 22.8. The highest BCUT2D eigenvalue weighted by molar-refractivity contribution is 5.96. The van der Waals surface area contributed by atoms with Gasteiger partial charge >= 0.3 is 5.97 Å². The fraction of sp³-hybridized carbons (Fsp3) is 0.519. The molecule has 12 nitrogen and oxygen atoms in total. The van der Waals surface area contributed by atoms with E-state index in [-0.39, 0.29) is 24.7 Å². The molecule has 214 valence electrons. The molecule has 2 aromatic rings. The molecule has 0 spiro atoms. The normalized spacial score (nSPS) is 15.1. The number of benzene rings is 1. The molecule has 2 rings (SSSR count). The van der Waals surface area contributed by atoms with Gasteiger partial charge in [0.25, 0.3) is 0 Å². The molecule has 39 heavy (non-hydrogen) atoms. The summed E-state index contributed by atoms with van der Waals surface area (Å²) in [6, 6.07) is 2.87. The first-order valence-electron chi connectivity index (χ1n) is 13.1. The summed E-state index contributed by atoms with van der Waals surface area (Å²) in [4.78, 5) is 65.6. The van der Waals surface area contributed by atoms with Crippen molar-refractivity contribution in [3.63, 3.8) is 0 Å². The van der Waals surface area contributed by atoms with Crippen LogP contribution in [0.25, 0.3) is 10.9 Å². The lowest BCUT2D eigenvalue weighted by molar-refractivity contribution is -0.143. The van der Waals surface area contributed by atoms with Crippen LogP contribution in [0.4, 0.5) is 0 Å². The molecule has 0 bridgehead atoms. The number of H-pyrrole nitrogens is 1. The number of aromatic nitrogens is 1. The highest BCUT2D eigenvalue weighted by atomic mass is 16.4. The number of para-hydroxylation sites is 1. The molecule has 0 aliphatic rings. The molecule has 0 aliphatic heterocycles. The molecular formula is C27H40N6O6. The van der Waals surface area contributed by atoms with E-state index in [1.165, 1.54) is 0 Å². The van der Waals surface area contributed by atoms with Crippen LogP contribution in [0, 0.1) is 11.8 Å². The number of amides is 4. The molecule has 1 heterocycles. The van der Waals surface area contributed by atoms with Crippen LogP contribution in [0.1, 0.15) is 52.5 Å². The molecule has 0 fully saturated rings. The Labute approximate surface area is 227 Å². The summed E-state index contributed by atoms with van der Waals surface area (Å²) in [5, 5.41) is 18.0. The van der Waals surface area contributed by atoms with E-state index in [0.717, 1.165) is 16.5 Å². The predicted molar refractivity (Wildman–Crippen MR) is 146 cm³/mol. The Morgan fingerprint density at radius 3 is 2.18 bits per heavy atom. The predicted octanol–water partition coefficient (Wildman–Crippen LogP) is 0.544. The maximum absolute atomic E-state index is 13.2. The van der Waals surface area contributed by atoms with Gasteiger partial charge in [0.1, 0.15) is 18.1 Å². The Kier molecular flexibility index (Phi) is 11.5. The van der Waals surface area contributed by atoms with Gasteiger partial charge in [0.05, 0.1) is 12.5 Å². The number of aliphatic carboxylic acids is 1. The number of carboxylic acids is 1. The molecule has 9 N–H and O–H groups in total. The standard InChI is InChI=1S/C27H40N6O6/c1-5-15(4)23(26(37)32-21(27(38)39)10-14(2)3)33-25(36)20(12-22(29)34)31-24(35)18(28)11-16-13-30-19-9-7-6-8-17(16)19/h6-9,13-15,18,20-21,23,30H,5,10-12,28H2,1-4H3,(H2,29,34)(H,31,35)(H,32,37)(H,33,36)(H,38,39). The van der Waals surface area contributed by atoms with E-state index in [2.05, 4.69) is 20.9 Å². The number of carbonyl (C=O) groups is 5. The van der Waals surface area contributed by atoms with Crippen molar-refractivity contribution in [1.82, 2.24) is 20.9 Å². The van der Waals surface area contributed by atoms with Gasteiger partial charge in [-0.15, -0.1) is 0 Å². The number of aromatic amines is 1. The van der Waals surface area contributed by atoms with Crippen LogP contribution in [0.3, 0.4) is 0 Å². The quantitative estimate of drug-likeness (QED) is 0.169. The van der Waals surface area contributed by atoms with Crippen molar-refractivity contribution in [2.75, 3.05) is 0 Å². The third-order valence-electron chi connectivity index (χ3n) is 6.60. The SMILES string of the molecule is CCC(C)C(NC(=O)C(CC(N)=O)NC(=O)C(N)Cc1c[nH]c2ccccc12)C(=O)NC(CC(C)C)C(=O)O. The van der Waals surface area contributed by atoms with Gasteiger partial charge in [0.2, 0.25) is 23.6 Å². The lowest BCUT2D eigenvalue weighted by atomic mass is 9.96. The minimum Gasteiger partial charge on any atom is -0.480 e. The number of fused-ring (bicyclic) bond motifs is 1. The molecular weight excluding hydrogens is 504 g/mol. The van der Waals surface area contributed by atoms with Crippen LogP contribution in [-0.2, 0) is 30.4 Å². The highest BCUT2D eigenvalue weighted by Gasteiger charge is 2.33. The van der Waals surface area contributed by atoms with Crippen LogP contribution in [0.15, 0.2) is 30.5 Å². The van der Waals surface area contributed by atoms with Gasteiger partial charge in [-0.1, -0.05) is 52.3 Å². The van der Waals surface area contributed by atoms with Gasteiger partial charge in [0, 0.05) is 17.1 Å². The van der Waals surface area contributed by atoms with E-state index in [9.17, 15) is 29.1 Å². The number of nitrogens with one attached hydrogen (secondary N) is 4. The number of nitrogens with two attached hydrogens (primary N) is 2. The van der Waals surface area contributed by atoms with Crippen molar-refractivity contribution in [3.8, 4) is 0 Å². The maximum atomic E-state index is 13.2.